The minimum atomic E-state index is -0.880. The van der Waals surface area contributed by atoms with Crippen LogP contribution in [0.25, 0.3) is 0 Å². The van der Waals surface area contributed by atoms with E-state index in [1.807, 2.05) is 43.3 Å². The number of nitrogens with zero attached hydrogens (tertiary/aromatic N) is 1. The van der Waals surface area contributed by atoms with Crippen LogP contribution in [0.5, 0.6) is 0 Å². The Bertz CT molecular complexity index is 752. The highest BCUT2D eigenvalue weighted by molar-refractivity contribution is 8.01. The summed E-state index contributed by atoms with van der Waals surface area (Å²) in [5, 5.41) is 0. The third kappa shape index (κ3) is 8.47. The molecule has 0 spiro atoms. The molecule has 1 aromatic rings. The molecule has 2 amide bonds. The van der Waals surface area contributed by atoms with Crippen LogP contribution in [0.15, 0.2) is 42.5 Å². The average Bonchev–Trinajstić information content (AvgIpc) is 3.18. The fraction of sp³-hybridized carbons (Fsp3) is 0.615. The van der Waals surface area contributed by atoms with Crippen LogP contribution in [0.1, 0.15) is 57.9 Å². The van der Waals surface area contributed by atoms with Gasteiger partial charge in [-0.2, -0.15) is 0 Å². The highest BCUT2D eigenvalue weighted by Gasteiger charge is 2.45. The van der Waals surface area contributed by atoms with Gasteiger partial charge in [0.1, 0.15) is 11.4 Å². The fourth-order valence-corrected chi connectivity index (χ4v) is 5.01. The van der Waals surface area contributed by atoms with Crippen LogP contribution >= 0.6 is 11.8 Å². The molecule has 1 aliphatic rings. The minimum absolute atomic E-state index is 0.219. The first-order valence-electron chi connectivity index (χ1n) is 11.9. The van der Waals surface area contributed by atoms with E-state index in [9.17, 15) is 9.59 Å². The smallest absolute Gasteiger partial charge is 0.417 e. The lowest BCUT2D eigenvalue weighted by Gasteiger charge is -2.31. The number of hydrogen-bond acceptors (Lipinski definition) is 6. The van der Waals surface area contributed by atoms with E-state index in [1.54, 1.807) is 14.2 Å². The predicted octanol–water partition coefficient (Wildman–Crippen LogP) is 5.60. The molecule has 0 aliphatic carbocycles. The van der Waals surface area contributed by atoms with Gasteiger partial charge in [-0.15, -0.1) is 11.8 Å². The van der Waals surface area contributed by atoms with Gasteiger partial charge in [-0.1, -0.05) is 68.7 Å². The molecule has 1 saturated heterocycles. The van der Waals surface area contributed by atoms with Crippen molar-refractivity contribution in [1.82, 2.24) is 4.90 Å². The van der Waals surface area contributed by atoms with E-state index in [1.165, 1.54) is 35.9 Å². The number of amides is 2. The predicted molar refractivity (Wildman–Crippen MR) is 133 cm³/mol. The second-order valence-corrected chi connectivity index (χ2v) is 10.0. The van der Waals surface area contributed by atoms with Gasteiger partial charge in [0.25, 0.3) is 5.91 Å². The maximum atomic E-state index is 13.7. The molecule has 184 valence electrons. The fourth-order valence-electron chi connectivity index (χ4n) is 3.86. The van der Waals surface area contributed by atoms with E-state index >= 15 is 0 Å². The van der Waals surface area contributed by atoms with Crippen LogP contribution in [0.3, 0.4) is 0 Å². The first kappa shape index (κ1) is 27.4. The van der Waals surface area contributed by atoms with Gasteiger partial charge in [0.2, 0.25) is 0 Å². The Hall–Kier alpha value is -1.83. The maximum Gasteiger partial charge on any atom is 0.417 e. The molecule has 0 radical (unpaired) electrons. The molecule has 1 heterocycles. The van der Waals surface area contributed by atoms with E-state index in [2.05, 4.69) is 13.0 Å². The van der Waals surface area contributed by atoms with Crippen LogP contribution in [-0.2, 0) is 25.4 Å². The van der Waals surface area contributed by atoms with E-state index in [-0.39, 0.29) is 24.8 Å². The Labute approximate surface area is 203 Å². The van der Waals surface area contributed by atoms with Crippen molar-refractivity contribution < 1.29 is 23.8 Å². The Balaban J connectivity index is 2.14. The topological polar surface area (TPSA) is 65.1 Å². The molecule has 6 nitrogen and oxygen atoms in total. The molecule has 2 atom stereocenters. The van der Waals surface area contributed by atoms with Gasteiger partial charge >= 0.3 is 6.09 Å². The molecule has 0 bridgehead atoms. The summed E-state index contributed by atoms with van der Waals surface area (Å²) in [4.78, 5) is 27.7. The number of carbonyl (C=O) groups excluding carboxylic acids is 2. The molecule has 1 fully saturated rings. The van der Waals surface area contributed by atoms with Crippen molar-refractivity contribution in [2.75, 3.05) is 26.6 Å². The van der Waals surface area contributed by atoms with E-state index in [0.717, 1.165) is 18.4 Å². The molecule has 0 N–H and O–H groups in total. The van der Waals surface area contributed by atoms with Crippen molar-refractivity contribution in [3.05, 3.63) is 48.0 Å². The van der Waals surface area contributed by atoms with E-state index in [0.29, 0.717) is 18.6 Å². The van der Waals surface area contributed by atoms with Gasteiger partial charge in [0, 0.05) is 20.6 Å². The van der Waals surface area contributed by atoms with E-state index in [4.69, 9.17) is 14.2 Å². The molecule has 0 unspecified atom stereocenters. The highest BCUT2D eigenvalue weighted by atomic mass is 32.2. The number of methoxy groups -OCH3 is 2. The van der Waals surface area contributed by atoms with Gasteiger partial charge < -0.3 is 14.2 Å². The molecule has 1 aromatic carbocycles. The first-order valence-corrected chi connectivity index (χ1v) is 12.8. The lowest BCUT2D eigenvalue weighted by atomic mass is 10.0. The number of ether oxygens (including phenoxy) is 3. The van der Waals surface area contributed by atoms with Crippen LogP contribution in [0, 0.1) is 0 Å². The summed E-state index contributed by atoms with van der Waals surface area (Å²) in [5.41, 5.74) is 1.07. The minimum Gasteiger partial charge on any atom is -0.447 e. The molecule has 2 rings (SSSR count). The SMILES string of the molecule is CCCCCC/C=C/[C@@](C)(SCCC(OC)OC)C(=O)N1C(=O)OC[C@@H]1Cc1ccccc1. The summed E-state index contributed by atoms with van der Waals surface area (Å²) in [6.07, 6.45) is 9.98. The maximum absolute atomic E-state index is 13.7. The van der Waals surface area contributed by atoms with Crippen molar-refractivity contribution in [3.63, 3.8) is 0 Å². The molecule has 0 saturated carbocycles. The zero-order valence-corrected chi connectivity index (χ0v) is 21.3. The van der Waals surface area contributed by atoms with Crippen molar-refractivity contribution in [1.29, 1.82) is 0 Å². The van der Waals surface area contributed by atoms with Gasteiger partial charge in [-0.3, -0.25) is 4.79 Å². The van der Waals surface area contributed by atoms with Crippen molar-refractivity contribution in [3.8, 4) is 0 Å². The number of hydrogen-bond donors (Lipinski definition) is 0. The number of rotatable bonds is 15. The van der Waals surface area contributed by atoms with Crippen molar-refractivity contribution in [2.45, 2.75) is 75.9 Å². The first-order chi connectivity index (χ1) is 15.9. The van der Waals surface area contributed by atoms with Crippen molar-refractivity contribution >= 4 is 23.8 Å². The van der Waals surface area contributed by atoms with Gasteiger partial charge in [-0.05, 0) is 37.5 Å². The lowest BCUT2D eigenvalue weighted by molar-refractivity contribution is -0.130. The number of imide groups is 1. The standard InChI is InChI=1S/C26H39NO5S/c1-5-6-7-8-9-13-17-26(2,33-18-16-23(30-3)31-4)24(28)27-22(20-32-25(27)29)19-21-14-11-10-12-15-21/h10-15,17,22-23H,5-9,16,18-20H2,1-4H3/b17-13+/t22-,26+/m0/s1. The molecule has 33 heavy (non-hydrogen) atoms. The number of cyclic esters (lactones) is 1. The van der Waals surface area contributed by atoms with Crippen LogP contribution in [-0.4, -0.2) is 60.6 Å². The third-order valence-electron chi connectivity index (χ3n) is 5.86. The summed E-state index contributed by atoms with van der Waals surface area (Å²) in [7, 11) is 3.21. The normalized spacial score (nSPS) is 18.2. The lowest BCUT2D eigenvalue weighted by Crippen LogP contribution is -2.49. The van der Waals surface area contributed by atoms with Crippen LogP contribution in [0.4, 0.5) is 4.79 Å². The number of benzene rings is 1. The zero-order valence-electron chi connectivity index (χ0n) is 20.5. The number of thioether (sulfide) groups is 1. The highest BCUT2D eigenvalue weighted by Crippen LogP contribution is 2.33. The summed E-state index contributed by atoms with van der Waals surface area (Å²) >= 11 is 1.51. The molecule has 0 aromatic heterocycles. The number of unbranched alkanes of at least 4 members (excludes halogenated alkanes) is 4. The van der Waals surface area contributed by atoms with Crippen LogP contribution in [0.2, 0.25) is 0 Å². The number of carbonyl (C=O) groups is 2. The van der Waals surface area contributed by atoms with Gasteiger partial charge in [-0.25, -0.2) is 9.69 Å². The Morgan fingerprint density at radius 1 is 1.24 bits per heavy atom. The van der Waals surface area contributed by atoms with Gasteiger partial charge in [0.15, 0.2) is 6.29 Å². The summed E-state index contributed by atoms with van der Waals surface area (Å²) in [6.45, 7) is 4.30. The van der Waals surface area contributed by atoms with Crippen molar-refractivity contribution in [2.24, 2.45) is 0 Å². The van der Waals surface area contributed by atoms with E-state index < -0.39 is 10.8 Å². The molecule has 7 heteroatoms. The Morgan fingerprint density at radius 2 is 1.97 bits per heavy atom. The Morgan fingerprint density at radius 3 is 2.64 bits per heavy atom. The monoisotopic (exact) mass is 477 g/mol. The summed E-state index contributed by atoms with van der Waals surface area (Å²) in [5.74, 6) is 0.424. The summed E-state index contributed by atoms with van der Waals surface area (Å²) < 4.78 is 15.0. The molecular weight excluding hydrogens is 438 g/mol. The quantitative estimate of drug-likeness (QED) is 0.186. The largest absolute Gasteiger partial charge is 0.447 e. The molecular formula is C26H39NO5S. The Kier molecular flexibility index (Phi) is 12.0. The third-order valence-corrected chi connectivity index (χ3v) is 7.21. The zero-order chi connectivity index (χ0) is 24.1. The van der Waals surface area contributed by atoms with Gasteiger partial charge in [0.05, 0.1) is 6.04 Å². The summed E-state index contributed by atoms with van der Waals surface area (Å²) in [6, 6.07) is 9.58. The second-order valence-electron chi connectivity index (χ2n) is 8.49. The second kappa shape index (κ2) is 14.4. The van der Waals surface area contributed by atoms with Crippen LogP contribution < -0.4 is 0 Å². The molecule has 1 aliphatic heterocycles. The number of allylic oxidation sites excluding steroid dienone is 1. The average molecular weight is 478 g/mol.